The summed E-state index contributed by atoms with van der Waals surface area (Å²) in [6.45, 7) is 5.98. The molecule has 1 amide bonds. The molecule has 5 nitrogen and oxygen atoms in total. The Kier molecular flexibility index (Phi) is 4.96. The number of carbonyl (C=O) groups is 1. The molecule has 2 heterocycles. The van der Waals surface area contributed by atoms with Crippen LogP contribution in [-0.2, 0) is 24.1 Å². The molecule has 1 fully saturated rings. The minimum atomic E-state index is 0.0706. The van der Waals surface area contributed by atoms with Crippen LogP contribution in [0, 0.1) is 0 Å². The molecule has 0 aliphatic carbocycles. The maximum absolute atomic E-state index is 12.1. The second-order valence-electron chi connectivity index (χ2n) is 5.03. The summed E-state index contributed by atoms with van der Waals surface area (Å²) in [5.74, 6) is 0.912. The van der Waals surface area contributed by atoms with Gasteiger partial charge in [0, 0.05) is 24.6 Å². The van der Waals surface area contributed by atoms with Crippen molar-refractivity contribution in [3.63, 3.8) is 0 Å². The van der Waals surface area contributed by atoms with E-state index in [1.807, 2.05) is 13.8 Å². The predicted molar refractivity (Wildman–Crippen MR) is 73.0 cm³/mol. The van der Waals surface area contributed by atoms with Gasteiger partial charge >= 0.3 is 0 Å². The topological polar surface area (TPSA) is 67.2 Å². The highest BCUT2D eigenvalue weighted by Crippen LogP contribution is 2.16. The van der Waals surface area contributed by atoms with Gasteiger partial charge in [-0.1, -0.05) is 19.0 Å². The highest BCUT2D eigenvalue weighted by atomic mass is 16.5. The molecule has 1 aromatic rings. The van der Waals surface area contributed by atoms with Gasteiger partial charge in [0.05, 0.1) is 12.1 Å². The summed E-state index contributed by atoms with van der Waals surface area (Å²) in [5.41, 5.74) is 1.89. The molecule has 1 aliphatic rings. The molecule has 0 unspecified atom stereocenters. The zero-order chi connectivity index (χ0) is 13.7. The van der Waals surface area contributed by atoms with Crippen LogP contribution < -0.4 is 10.6 Å². The van der Waals surface area contributed by atoms with Gasteiger partial charge in [-0.15, -0.1) is 0 Å². The summed E-state index contributed by atoms with van der Waals surface area (Å²) in [6.07, 6.45) is 4.15. The van der Waals surface area contributed by atoms with Crippen LogP contribution in [0.15, 0.2) is 4.52 Å². The van der Waals surface area contributed by atoms with E-state index in [1.54, 1.807) is 0 Å². The molecule has 106 valence electrons. The van der Waals surface area contributed by atoms with Crippen molar-refractivity contribution in [3.05, 3.63) is 17.0 Å². The molecule has 5 heteroatoms. The summed E-state index contributed by atoms with van der Waals surface area (Å²) >= 11 is 0. The molecule has 1 atom stereocenters. The number of nitrogens with one attached hydrogen (secondary N) is 2. The summed E-state index contributed by atoms with van der Waals surface area (Å²) in [7, 11) is 0. The Hall–Kier alpha value is -1.36. The van der Waals surface area contributed by atoms with E-state index in [4.69, 9.17) is 4.52 Å². The fourth-order valence-electron chi connectivity index (χ4n) is 2.55. The van der Waals surface area contributed by atoms with Gasteiger partial charge < -0.3 is 15.2 Å². The van der Waals surface area contributed by atoms with Crippen LogP contribution in [0.3, 0.4) is 0 Å². The van der Waals surface area contributed by atoms with Crippen molar-refractivity contribution in [1.29, 1.82) is 0 Å². The minimum absolute atomic E-state index is 0.0706. The van der Waals surface area contributed by atoms with Gasteiger partial charge in [0.15, 0.2) is 0 Å². The number of piperidine rings is 1. The lowest BCUT2D eigenvalue weighted by molar-refractivity contribution is -0.121. The zero-order valence-electron chi connectivity index (χ0n) is 11.8. The molecule has 2 rings (SSSR count). The third kappa shape index (κ3) is 3.56. The van der Waals surface area contributed by atoms with Crippen LogP contribution in [0.1, 0.15) is 43.7 Å². The Morgan fingerprint density at radius 3 is 2.95 bits per heavy atom. The lowest BCUT2D eigenvalue weighted by Gasteiger charge is -2.23. The zero-order valence-corrected chi connectivity index (χ0v) is 11.8. The molecule has 1 aliphatic heterocycles. The molecule has 0 spiro atoms. The summed E-state index contributed by atoms with van der Waals surface area (Å²) in [4.78, 5) is 12.1. The molecule has 1 saturated heterocycles. The van der Waals surface area contributed by atoms with E-state index in [-0.39, 0.29) is 11.9 Å². The Morgan fingerprint density at radius 2 is 2.32 bits per heavy atom. The number of aryl methyl sites for hydroxylation is 2. The van der Waals surface area contributed by atoms with Crippen molar-refractivity contribution >= 4 is 5.91 Å². The smallest absolute Gasteiger partial charge is 0.224 e. The Labute approximate surface area is 114 Å². The van der Waals surface area contributed by atoms with E-state index in [0.29, 0.717) is 6.42 Å². The quantitative estimate of drug-likeness (QED) is 0.840. The van der Waals surface area contributed by atoms with E-state index in [0.717, 1.165) is 55.8 Å². The first-order valence-electron chi connectivity index (χ1n) is 7.21. The number of hydrogen-bond acceptors (Lipinski definition) is 4. The second-order valence-corrected chi connectivity index (χ2v) is 5.03. The first-order chi connectivity index (χ1) is 9.24. The number of hydrogen-bond donors (Lipinski definition) is 2. The first kappa shape index (κ1) is 14.1. The molecule has 2 N–H and O–H groups in total. The van der Waals surface area contributed by atoms with E-state index < -0.39 is 0 Å². The summed E-state index contributed by atoms with van der Waals surface area (Å²) in [6, 6.07) is 0.260. The van der Waals surface area contributed by atoms with E-state index >= 15 is 0 Å². The van der Waals surface area contributed by atoms with E-state index in [2.05, 4.69) is 15.8 Å². The molecule has 0 saturated carbocycles. The number of nitrogens with zero attached hydrogens (tertiary/aromatic N) is 1. The molecule has 0 radical (unpaired) electrons. The van der Waals surface area contributed by atoms with Crippen molar-refractivity contribution in [1.82, 2.24) is 15.8 Å². The predicted octanol–water partition coefficient (Wildman–Crippen LogP) is 1.21. The number of rotatable bonds is 5. The maximum atomic E-state index is 12.1. The summed E-state index contributed by atoms with van der Waals surface area (Å²) in [5, 5.41) is 10.4. The van der Waals surface area contributed by atoms with Gasteiger partial charge in [-0.3, -0.25) is 4.79 Å². The van der Waals surface area contributed by atoms with Crippen molar-refractivity contribution in [3.8, 4) is 0 Å². The van der Waals surface area contributed by atoms with E-state index in [1.165, 1.54) is 0 Å². The molecular weight excluding hydrogens is 242 g/mol. The molecular formula is C14H23N3O2. The van der Waals surface area contributed by atoms with Crippen LogP contribution in [0.5, 0.6) is 0 Å². The van der Waals surface area contributed by atoms with Crippen LogP contribution in [0.4, 0.5) is 0 Å². The van der Waals surface area contributed by atoms with Gasteiger partial charge in [0.1, 0.15) is 5.76 Å². The van der Waals surface area contributed by atoms with Crippen molar-refractivity contribution in [2.45, 2.75) is 52.0 Å². The van der Waals surface area contributed by atoms with Crippen LogP contribution in [-0.4, -0.2) is 30.2 Å². The van der Waals surface area contributed by atoms with Crippen molar-refractivity contribution < 1.29 is 9.32 Å². The largest absolute Gasteiger partial charge is 0.361 e. The number of carbonyl (C=O) groups excluding carboxylic acids is 1. The van der Waals surface area contributed by atoms with Crippen LogP contribution >= 0.6 is 0 Å². The maximum Gasteiger partial charge on any atom is 0.224 e. The van der Waals surface area contributed by atoms with Gasteiger partial charge in [-0.05, 0) is 25.8 Å². The fourth-order valence-corrected chi connectivity index (χ4v) is 2.55. The normalized spacial score (nSPS) is 19.4. The highest BCUT2D eigenvalue weighted by Gasteiger charge is 2.19. The molecule has 0 aromatic carbocycles. The SMILES string of the molecule is CCc1noc(CC)c1CC(=O)N[C@H]1CCCNC1. The molecule has 0 bridgehead atoms. The minimum Gasteiger partial charge on any atom is -0.361 e. The fraction of sp³-hybridized carbons (Fsp3) is 0.714. The lowest BCUT2D eigenvalue weighted by Crippen LogP contribution is -2.46. The third-order valence-electron chi connectivity index (χ3n) is 3.61. The Bertz CT molecular complexity index is 401. The third-order valence-corrected chi connectivity index (χ3v) is 3.61. The lowest BCUT2D eigenvalue weighted by atomic mass is 10.0. The highest BCUT2D eigenvalue weighted by molar-refractivity contribution is 5.79. The van der Waals surface area contributed by atoms with Gasteiger partial charge in [-0.2, -0.15) is 0 Å². The molecule has 1 aromatic heterocycles. The Balaban J connectivity index is 1.95. The average Bonchev–Trinajstić information content (AvgIpc) is 2.81. The van der Waals surface area contributed by atoms with Crippen molar-refractivity contribution in [2.75, 3.05) is 13.1 Å². The monoisotopic (exact) mass is 265 g/mol. The van der Waals surface area contributed by atoms with Crippen molar-refractivity contribution in [2.24, 2.45) is 0 Å². The standard InChI is InChI=1S/C14H23N3O2/c1-3-12-11(13(4-2)19-17-12)8-14(18)16-10-6-5-7-15-9-10/h10,15H,3-9H2,1-2H3,(H,16,18)/t10-/m0/s1. The average molecular weight is 265 g/mol. The van der Waals surface area contributed by atoms with Gasteiger partial charge in [0.2, 0.25) is 5.91 Å². The first-order valence-corrected chi connectivity index (χ1v) is 7.21. The van der Waals surface area contributed by atoms with Gasteiger partial charge in [-0.25, -0.2) is 0 Å². The summed E-state index contributed by atoms with van der Waals surface area (Å²) < 4.78 is 5.28. The molecule has 19 heavy (non-hydrogen) atoms. The van der Waals surface area contributed by atoms with E-state index in [9.17, 15) is 4.79 Å². The van der Waals surface area contributed by atoms with Gasteiger partial charge in [0.25, 0.3) is 0 Å². The second kappa shape index (κ2) is 6.70. The number of amides is 1. The van der Waals surface area contributed by atoms with Crippen LogP contribution in [0.2, 0.25) is 0 Å². The Morgan fingerprint density at radius 1 is 1.47 bits per heavy atom. The number of aromatic nitrogens is 1. The van der Waals surface area contributed by atoms with Crippen LogP contribution in [0.25, 0.3) is 0 Å².